The molecule has 1 fully saturated rings. The van der Waals surface area contributed by atoms with Crippen LogP contribution in [-0.2, 0) is 0 Å². The number of pyridine rings is 1. The number of nitrogens with zero attached hydrogens (tertiary/aromatic N) is 5. The number of piperazine rings is 1. The average molecular weight is 339 g/mol. The summed E-state index contributed by atoms with van der Waals surface area (Å²) in [7, 11) is 2.11. The van der Waals surface area contributed by atoms with E-state index >= 15 is 0 Å². The molecule has 1 aliphatic rings. The summed E-state index contributed by atoms with van der Waals surface area (Å²) in [5.41, 5.74) is 6.41. The van der Waals surface area contributed by atoms with E-state index in [1.807, 2.05) is 6.07 Å². The van der Waals surface area contributed by atoms with Gasteiger partial charge in [-0.3, -0.25) is 0 Å². The monoisotopic (exact) mass is 338 g/mol. The van der Waals surface area contributed by atoms with Crippen molar-refractivity contribution in [3.05, 3.63) is 16.7 Å². The Morgan fingerprint density at radius 1 is 1.25 bits per heavy atom. The van der Waals surface area contributed by atoms with Crippen LogP contribution < -0.4 is 10.6 Å². The van der Waals surface area contributed by atoms with Crippen molar-refractivity contribution in [3.63, 3.8) is 0 Å². The van der Waals surface area contributed by atoms with Gasteiger partial charge in [-0.05, 0) is 29.0 Å². The fourth-order valence-electron chi connectivity index (χ4n) is 2.02. The summed E-state index contributed by atoms with van der Waals surface area (Å²) in [6.07, 6.45) is 1.63. The standard InChI is InChI=1S/C12H15BrN6O/c1-18-2-4-19(5-3-18)12-17-16-11(20-12)8-6-9(13)10(14)15-7-8/h6-7H,2-5H2,1H3,(H2,14,15). The van der Waals surface area contributed by atoms with E-state index in [-0.39, 0.29) is 0 Å². The van der Waals surface area contributed by atoms with Gasteiger partial charge < -0.3 is 20.0 Å². The average Bonchev–Trinajstić information content (AvgIpc) is 2.92. The summed E-state index contributed by atoms with van der Waals surface area (Å²) in [4.78, 5) is 8.44. The van der Waals surface area contributed by atoms with Crippen LogP contribution >= 0.6 is 15.9 Å². The van der Waals surface area contributed by atoms with E-state index in [2.05, 4.69) is 48.0 Å². The van der Waals surface area contributed by atoms with Crippen molar-refractivity contribution in [1.29, 1.82) is 0 Å². The molecule has 2 aromatic heterocycles. The second-order valence-corrected chi connectivity index (χ2v) is 5.63. The number of likely N-dealkylation sites (N-methyl/N-ethyl adjacent to an activating group) is 1. The molecule has 0 spiro atoms. The molecule has 2 aromatic rings. The molecule has 1 saturated heterocycles. The van der Waals surface area contributed by atoms with Crippen molar-refractivity contribution in [3.8, 4) is 11.5 Å². The van der Waals surface area contributed by atoms with Gasteiger partial charge in [0.05, 0.1) is 10.0 Å². The Balaban J connectivity index is 1.81. The summed E-state index contributed by atoms with van der Waals surface area (Å²) in [6.45, 7) is 3.77. The van der Waals surface area contributed by atoms with Gasteiger partial charge in [0.2, 0.25) is 0 Å². The highest BCUT2D eigenvalue weighted by molar-refractivity contribution is 9.10. The van der Waals surface area contributed by atoms with Crippen LogP contribution in [0.4, 0.5) is 11.8 Å². The molecule has 8 heteroatoms. The first-order valence-electron chi connectivity index (χ1n) is 6.32. The first-order chi connectivity index (χ1) is 9.63. The topological polar surface area (TPSA) is 84.3 Å². The van der Waals surface area contributed by atoms with Gasteiger partial charge >= 0.3 is 6.01 Å². The van der Waals surface area contributed by atoms with Crippen molar-refractivity contribution in [2.24, 2.45) is 0 Å². The van der Waals surface area contributed by atoms with Gasteiger partial charge in [-0.25, -0.2) is 4.98 Å². The van der Waals surface area contributed by atoms with Gasteiger partial charge in [-0.15, -0.1) is 5.10 Å². The van der Waals surface area contributed by atoms with Crippen LogP contribution in [0.5, 0.6) is 0 Å². The maximum Gasteiger partial charge on any atom is 0.318 e. The van der Waals surface area contributed by atoms with E-state index in [9.17, 15) is 0 Å². The molecule has 0 aromatic carbocycles. The Kier molecular flexibility index (Phi) is 3.58. The molecule has 3 heterocycles. The Bertz CT molecular complexity index is 608. The third-order valence-electron chi connectivity index (χ3n) is 3.30. The van der Waals surface area contributed by atoms with Crippen molar-refractivity contribution in [2.75, 3.05) is 43.9 Å². The molecule has 7 nitrogen and oxygen atoms in total. The minimum atomic E-state index is 0.438. The predicted molar refractivity (Wildman–Crippen MR) is 79.4 cm³/mol. The molecule has 0 amide bonds. The summed E-state index contributed by atoms with van der Waals surface area (Å²) >= 11 is 3.34. The van der Waals surface area contributed by atoms with Crippen LogP contribution in [0.3, 0.4) is 0 Å². The fourth-order valence-corrected chi connectivity index (χ4v) is 2.37. The molecule has 2 N–H and O–H groups in total. The molecule has 20 heavy (non-hydrogen) atoms. The highest BCUT2D eigenvalue weighted by atomic mass is 79.9. The lowest BCUT2D eigenvalue weighted by molar-refractivity contribution is 0.305. The largest absolute Gasteiger partial charge is 0.403 e. The van der Waals surface area contributed by atoms with Gasteiger partial charge in [-0.1, -0.05) is 5.10 Å². The van der Waals surface area contributed by atoms with Crippen molar-refractivity contribution < 1.29 is 4.42 Å². The predicted octanol–water partition coefficient (Wildman–Crippen LogP) is 1.23. The molecule has 3 rings (SSSR count). The lowest BCUT2D eigenvalue weighted by atomic mass is 10.3. The minimum Gasteiger partial charge on any atom is -0.403 e. The Morgan fingerprint density at radius 3 is 2.70 bits per heavy atom. The van der Waals surface area contributed by atoms with Gasteiger partial charge in [0.15, 0.2) is 0 Å². The summed E-state index contributed by atoms with van der Waals surface area (Å²) in [5, 5.41) is 8.19. The SMILES string of the molecule is CN1CCN(c2nnc(-c3cnc(N)c(Br)c3)o2)CC1. The first kappa shape index (κ1) is 13.3. The van der Waals surface area contributed by atoms with Crippen LogP contribution in [0.15, 0.2) is 21.2 Å². The normalized spacial score (nSPS) is 16.6. The molecule has 106 valence electrons. The van der Waals surface area contributed by atoms with Crippen molar-refractivity contribution in [1.82, 2.24) is 20.1 Å². The van der Waals surface area contributed by atoms with E-state index in [0.29, 0.717) is 22.2 Å². The van der Waals surface area contributed by atoms with Gasteiger partial charge in [0.25, 0.3) is 5.89 Å². The quantitative estimate of drug-likeness (QED) is 0.881. The molecule has 0 radical (unpaired) electrons. The first-order valence-corrected chi connectivity index (χ1v) is 7.11. The van der Waals surface area contributed by atoms with Crippen LogP contribution in [0.25, 0.3) is 11.5 Å². The van der Waals surface area contributed by atoms with E-state index < -0.39 is 0 Å². The molecular formula is C12H15BrN6O. The molecule has 1 aliphatic heterocycles. The van der Waals surface area contributed by atoms with E-state index in [4.69, 9.17) is 10.2 Å². The number of nitrogens with two attached hydrogens (primary N) is 1. The fraction of sp³-hybridized carbons (Fsp3) is 0.417. The third kappa shape index (κ3) is 2.61. The van der Waals surface area contributed by atoms with Crippen molar-refractivity contribution >= 4 is 27.8 Å². The lowest BCUT2D eigenvalue weighted by Crippen LogP contribution is -2.44. The van der Waals surface area contributed by atoms with Crippen LogP contribution in [0.1, 0.15) is 0 Å². The van der Waals surface area contributed by atoms with Gasteiger partial charge in [0, 0.05) is 32.4 Å². The zero-order valence-corrected chi connectivity index (χ0v) is 12.7. The van der Waals surface area contributed by atoms with Crippen molar-refractivity contribution in [2.45, 2.75) is 0 Å². The maximum atomic E-state index is 5.72. The second kappa shape index (κ2) is 5.37. The number of aromatic nitrogens is 3. The van der Waals surface area contributed by atoms with Gasteiger partial charge in [-0.2, -0.15) is 0 Å². The van der Waals surface area contributed by atoms with Crippen LogP contribution in [0, 0.1) is 0 Å². The number of nitrogen functional groups attached to an aromatic ring is 1. The molecule has 0 saturated carbocycles. The molecule has 0 atom stereocenters. The zero-order chi connectivity index (χ0) is 14.1. The zero-order valence-electron chi connectivity index (χ0n) is 11.1. The number of hydrogen-bond donors (Lipinski definition) is 1. The highest BCUT2D eigenvalue weighted by Crippen LogP contribution is 2.26. The highest BCUT2D eigenvalue weighted by Gasteiger charge is 2.20. The van der Waals surface area contributed by atoms with Crippen LogP contribution in [0.2, 0.25) is 0 Å². The Labute approximate surface area is 124 Å². The van der Waals surface area contributed by atoms with E-state index in [1.54, 1.807) is 6.20 Å². The molecular weight excluding hydrogens is 324 g/mol. The summed E-state index contributed by atoms with van der Waals surface area (Å²) < 4.78 is 6.44. The number of hydrogen-bond acceptors (Lipinski definition) is 7. The van der Waals surface area contributed by atoms with E-state index in [0.717, 1.165) is 31.7 Å². The molecule has 0 bridgehead atoms. The maximum absolute atomic E-state index is 5.72. The Hall–Kier alpha value is -1.67. The lowest BCUT2D eigenvalue weighted by Gasteiger charge is -2.30. The number of rotatable bonds is 2. The smallest absolute Gasteiger partial charge is 0.318 e. The molecule has 0 aliphatic carbocycles. The summed E-state index contributed by atoms with van der Waals surface area (Å²) in [5.74, 6) is 0.889. The second-order valence-electron chi connectivity index (χ2n) is 4.77. The van der Waals surface area contributed by atoms with Crippen LogP contribution in [-0.4, -0.2) is 53.3 Å². The van der Waals surface area contributed by atoms with E-state index in [1.165, 1.54) is 0 Å². The Morgan fingerprint density at radius 2 is 2.00 bits per heavy atom. The van der Waals surface area contributed by atoms with Gasteiger partial charge in [0.1, 0.15) is 5.82 Å². The molecule has 0 unspecified atom stereocenters. The minimum absolute atomic E-state index is 0.438. The number of anilines is 2. The summed E-state index contributed by atoms with van der Waals surface area (Å²) in [6, 6.07) is 2.38. The third-order valence-corrected chi connectivity index (χ3v) is 3.94. The number of halogens is 1.